The van der Waals surface area contributed by atoms with Gasteiger partial charge in [0.1, 0.15) is 15.9 Å². The first-order chi connectivity index (χ1) is 13.5. The van der Waals surface area contributed by atoms with E-state index in [0.717, 1.165) is 44.3 Å². The quantitative estimate of drug-likeness (QED) is 0.707. The van der Waals surface area contributed by atoms with E-state index in [-0.39, 0.29) is 0 Å². The van der Waals surface area contributed by atoms with Crippen molar-refractivity contribution in [2.75, 3.05) is 11.9 Å². The second-order valence-electron chi connectivity index (χ2n) is 7.26. The molecular weight excluding hydrogens is 378 g/mol. The van der Waals surface area contributed by atoms with Crippen molar-refractivity contribution in [1.29, 1.82) is 0 Å². The van der Waals surface area contributed by atoms with Crippen LogP contribution in [0.15, 0.2) is 17.2 Å². The molecule has 1 aromatic heterocycles. The molecule has 3 aliphatic rings. The summed E-state index contributed by atoms with van der Waals surface area (Å²) in [5.74, 6) is 0.557. The number of nitrogens with one attached hydrogen (secondary N) is 1. The van der Waals surface area contributed by atoms with Crippen LogP contribution in [0.4, 0.5) is 10.5 Å². The highest BCUT2D eigenvalue weighted by atomic mass is 32.2. The summed E-state index contributed by atoms with van der Waals surface area (Å²) in [6.45, 7) is 1.46. The molecule has 1 atom stereocenters. The van der Waals surface area contributed by atoms with E-state index in [1.54, 1.807) is 4.68 Å². The van der Waals surface area contributed by atoms with Crippen LogP contribution in [0.2, 0.25) is 0 Å². The summed E-state index contributed by atoms with van der Waals surface area (Å²) in [5.41, 5.74) is 11.8. The number of nitrogens with two attached hydrogens (primary N) is 2. The third-order valence-corrected chi connectivity index (χ3v) is 6.16. The number of urea groups is 1. The number of carbonyl (C=O) groups is 1. The lowest BCUT2D eigenvalue weighted by atomic mass is 9.99. The fourth-order valence-corrected chi connectivity index (χ4v) is 4.76. The van der Waals surface area contributed by atoms with Crippen molar-refractivity contribution in [3.63, 3.8) is 0 Å². The fraction of sp³-hybridized carbons (Fsp3) is 0.474. The average molecular weight is 404 g/mol. The Morgan fingerprint density at radius 1 is 1.14 bits per heavy atom. The number of primary amides is 1. The van der Waals surface area contributed by atoms with Gasteiger partial charge in [-0.1, -0.05) is 6.07 Å². The van der Waals surface area contributed by atoms with Gasteiger partial charge in [0.15, 0.2) is 0 Å². The molecule has 5 N–H and O–H groups in total. The Balaban J connectivity index is 0.000000143. The Morgan fingerprint density at radius 3 is 2.43 bits per heavy atom. The van der Waals surface area contributed by atoms with E-state index in [2.05, 4.69) is 16.5 Å². The van der Waals surface area contributed by atoms with Crippen LogP contribution in [0.1, 0.15) is 41.5 Å². The Labute approximate surface area is 166 Å². The molecule has 2 amide bonds. The maximum Gasteiger partial charge on any atom is 0.316 e. The predicted molar refractivity (Wildman–Crippen MR) is 107 cm³/mol. The van der Waals surface area contributed by atoms with Gasteiger partial charge in [-0.3, -0.25) is 0 Å². The molecule has 5 rings (SSSR count). The molecule has 0 spiro atoms. The number of amides is 2. The van der Waals surface area contributed by atoms with E-state index in [9.17, 15) is 9.00 Å². The van der Waals surface area contributed by atoms with Gasteiger partial charge in [0, 0.05) is 18.7 Å². The number of anilines is 1. The number of nitrogens with zero attached hydrogens (tertiary/aromatic N) is 2. The van der Waals surface area contributed by atoms with Crippen LogP contribution in [0.3, 0.4) is 0 Å². The SMILES string of the molecule is NC(=O)Nc1c2c(cc3c1CCC3)CCC2.NS(=O)c1cnn2c1OCCC2. The van der Waals surface area contributed by atoms with Gasteiger partial charge in [0.05, 0.1) is 12.8 Å². The topological polar surface area (TPSA) is 125 Å². The van der Waals surface area contributed by atoms with Gasteiger partial charge in [-0.05, 0) is 60.8 Å². The van der Waals surface area contributed by atoms with Gasteiger partial charge in [0.2, 0.25) is 5.88 Å². The second-order valence-corrected chi connectivity index (χ2v) is 8.29. The van der Waals surface area contributed by atoms with E-state index >= 15 is 0 Å². The summed E-state index contributed by atoms with van der Waals surface area (Å²) in [6, 6.07) is 1.91. The zero-order chi connectivity index (χ0) is 19.7. The minimum Gasteiger partial charge on any atom is -0.477 e. The van der Waals surface area contributed by atoms with E-state index in [1.807, 2.05) is 0 Å². The molecule has 0 fully saturated rings. The third-order valence-electron chi connectivity index (χ3n) is 5.45. The number of hydrogen-bond acceptors (Lipinski definition) is 4. The maximum atomic E-state index is 11.1. The van der Waals surface area contributed by atoms with Gasteiger partial charge in [-0.15, -0.1) is 0 Å². The number of hydrogen-bond donors (Lipinski definition) is 3. The maximum absolute atomic E-state index is 11.1. The molecule has 0 radical (unpaired) electrons. The monoisotopic (exact) mass is 403 g/mol. The average Bonchev–Trinajstić information content (AvgIpc) is 3.40. The van der Waals surface area contributed by atoms with Crippen molar-refractivity contribution in [1.82, 2.24) is 9.78 Å². The van der Waals surface area contributed by atoms with Crippen molar-refractivity contribution in [2.45, 2.75) is 56.4 Å². The van der Waals surface area contributed by atoms with Crippen LogP contribution in [0, 0.1) is 0 Å². The van der Waals surface area contributed by atoms with Crippen LogP contribution < -0.4 is 20.9 Å². The first kappa shape index (κ1) is 18.9. The number of fused-ring (bicyclic) bond motifs is 3. The molecule has 0 saturated heterocycles. The first-order valence-electron chi connectivity index (χ1n) is 9.62. The minimum absolute atomic E-state index is 0.436. The van der Waals surface area contributed by atoms with E-state index < -0.39 is 17.0 Å². The third kappa shape index (κ3) is 3.64. The number of ether oxygens (including phenoxy) is 1. The standard InChI is InChI=1S/C13H16N2O.C6H9N3O2S/c14-13(16)15-12-10-5-1-3-8(10)7-9-4-2-6-11(9)12;7-12(10)5-4-8-9-2-1-3-11-6(5)9/h7H,1-6H2,(H3,14,15,16);4H,1-3,7H2. The van der Waals surface area contributed by atoms with E-state index in [0.29, 0.717) is 17.4 Å². The second kappa shape index (κ2) is 7.92. The van der Waals surface area contributed by atoms with Crippen molar-refractivity contribution in [3.05, 3.63) is 34.5 Å². The normalized spacial score (nSPS) is 17.5. The number of rotatable bonds is 2. The highest BCUT2D eigenvalue weighted by Crippen LogP contribution is 2.38. The highest BCUT2D eigenvalue weighted by molar-refractivity contribution is 7.82. The first-order valence-corrected chi connectivity index (χ1v) is 10.8. The molecule has 0 saturated carbocycles. The van der Waals surface area contributed by atoms with Crippen LogP contribution in [0.25, 0.3) is 0 Å². The van der Waals surface area contributed by atoms with Crippen molar-refractivity contribution < 1.29 is 13.7 Å². The van der Waals surface area contributed by atoms with Gasteiger partial charge >= 0.3 is 6.03 Å². The van der Waals surface area contributed by atoms with Crippen LogP contribution in [-0.2, 0) is 43.2 Å². The zero-order valence-electron chi connectivity index (χ0n) is 15.7. The minimum atomic E-state index is -1.50. The molecule has 0 bridgehead atoms. The lowest BCUT2D eigenvalue weighted by molar-refractivity contribution is 0.225. The molecule has 150 valence electrons. The molecule has 2 aliphatic carbocycles. The van der Waals surface area contributed by atoms with E-state index in [1.165, 1.54) is 41.3 Å². The molecule has 1 aliphatic heterocycles. The molecular formula is C19H25N5O3S. The summed E-state index contributed by atoms with van der Waals surface area (Å²) in [5, 5.41) is 12.1. The molecule has 8 nitrogen and oxygen atoms in total. The Bertz CT molecular complexity index is 908. The molecule has 2 heterocycles. The summed E-state index contributed by atoms with van der Waals surface area (Å²) >= 11 is 0. The van der Waals surface area contributed by atoms with Crippen molar-refractivity contribution in [3.8, 4) is 5.88 Å². The lowest BCUT2D eigenvalue weighted by Crippen LogP contribution is -2.21. The molecule has 1 unspecified atom stereocenters. The van der Waals surface area contributed by atoms with Crippen molar-refractivity contribution >= 4 is 22.7 Å². The molecule has 2 aromatic rings. The molecule has 9 heteroatoms. The van der Waals surface area contributed by atoms with Crippen LogP contribution in [-0.4, -0.2) is 26.6 Å². The summed E-state index contributed by atoms with van der Waals surface area (Å²) in [4.78, 5) is 11.6. The summed E-state index contributed by atoms with van der Waals surface area (Å²) < 4.78 is 17.9. The fourth-order valence-electron chi connectivity index (χ4n) is 4.27. The molecule has 1 aromatic carbocycles. The van der Waals surface area contributed by atoms with Gasteiger partial charge < -0.3 is 15.8 Å². The van der Waals surface area contributed by atoms with Crippen molar-refractivity contribution in [2.24, 2.45) is 10.9 Å². The van der Waals surface area contributed by atoms with Gasteiger partial charge in [0.25, 0.3) is 0 Å². The lowest BCUT2D eigenvalue weighted by Gasteiger charge is -2.14. The van der Waals surface area contributed by atoms with Crippen LogP contribution >= 0.6 is 0 Å². The highest BCUT2D eigenvalue weighted by Gasteiger charge is 2.24. The summed E-state index contributed by atoms with van der Waals surface area (Å²) in [6.07, 6.45) is 9.29. The Hall–Kier alpha value is -2.39. The van der Waals surface area contributed by atoms with Gasteiger partial charge in [-0.25, -0.2) is 18.8 Å². The molecule has 28 heavy (non-hydrogen) atoms. The number of carbonyl (C=O) groups excluding carboxylic acids is 1. The summed E-state index contributed by atoms with van der Waals surface area (Å²) in [7, 11) is -1.50. The van der Waals surface area contributed by atoms with Gasteiger partial charge in [-0.2, -0.15) is 5.10 Å². The largest absolute Gasteiger partial charge is 0.477 e. The Morgan fingerprint density at radius 2 is 1.82 bits per heavy atom. The smallest absolute Gasteiger partial charge is 0.316 e. The number of benzene rings is 1. The van der Waals surface area contributed by atoms with E-state index in [4.69, 9.17) is 15.6 Å². The number of aryl methyl sites for hydroxylation is 3. The Kier molecular flexibility index (Phi) is 5.36. The predicted octanol–water partition coefficient (Wildman–Crippen LogP) is 1.80. The zero-order valence-corrected chi connectivity index (χ0v) is 16.5. The van der Waals surface area contributed by atoms with Crippen LogP contribution in [0.5, 0.6) is 5.88 Å². The number of aromatic nitrogens is 2.